The number of anilines is 2. The molecule has 0 bridgehead atoms. The summed E-state index contributed by atoms with van der Waals surface area (Å²) in [6, 6.07) is 9.39. The molecule has 2 saturated carbocycles. The van der Waals surface area contributed by atoms with Crippen LogP contribution in [0, 0.1) is 5.41 Å². The van der Waals surface area contributed by atoms with Crippen LogP contribution in [0.4, 0.5) is 11.6 Å². The summed E-state index contributed by atoms with van der Waals surface area (Å²) in [5, 5.41) is 10.5. The molecule has 2 amide bonds. The van der Waals surface area contributed by atoms with Crippen LogP contribution in [0.2, 0.25) is 10.0 Å². The number of carbonyl (C=O) groups is 2. The Morgan fingerprint density at radius 2 is 1.76 bits per heavy atom. The molecule has 3 aromatic rings. The maximum atomic E-state index is 12.9. The van der Waals surface area contributed by atoms with Crippen LogP contribution in [0.15, 0.2) is 30.3 Å². The van der Waals surface area contributed by atoms with Crippen LogP contribution >= 0.6 is 23.2 Å². The Balaban J connectivity index is 1.32. The van der Waals surface area contributed by atoms with Crippen molar-refractivity contribution in [2.75, 3.05) is 5.32 Å². The Morgan fingerprint density at radius 3 is 2.50 bits per heavy atom. The Hall–Kier alpha value is -2.77. The molecule has 0 saturated heterocycles. The van der Waals surface area contributed by atoms with Gasteiger partial charge in [0.05, 0.1) is 32.3 Å². The number of fused-ring (bicyclic) bond motifs is 1. The minimum Gasteiger partial charge on any atom is -0.352 e. The van der Waals surface area contributed by atoms with E-state index in [1.807, 2.05) is 29.8 Å². The van der Waals surface area contributed by atoms with Gasteiger partial charge in [0.15, 0.2) is 0 Å². The molecular formula is C29H35Cl2N5O2. The number of aryl methyl sites for hydroxylation is 1. The monoisotopic (exact) mass is 555 g/mol. The van der Waals surface area contributed by atoms with Gasteiger partial charge in [-0.25, -0.2) is 4.98 Å². The molecule has 0 unspecified atom stereocenters. The van der Waals surface area contributed by atoms with Gasteiger partial charge in [0, 0.05) is 25.0 Å². The Morgan fingerprint density at radius 1 is 1.03 bits per heavy atom. The van der Waals surface area contributed by atoms with Gasteiger partial charge in [-0.2, -0.15) is 0 Å². The number of benzene rings is 2. The van der Waals surface area contributed by atoms with Gasteiger partial charge >= 0.3 is 0 Å². The zero-order valence-electron chi connectivity index (χ0n) is 22.0. The van der Waals surface area contributed by atoms with Crippen LogP contribution in [0.25, 0.3) is 11.0 Å². The van der Waals surface area contributed by atoms with E-state index in [-0.39, 0.29) is 23.3 Å². The summed E-state index contributed by atoms with van der Waals surface area (Å²) < 4.78 is 1.88. The Kier molecular flexibility index (Phi) is 7.87. The topological polar surface area (TPSA) is 88.1 Å². The van der Waals surface area contributed by atoms with Gasteiger partial charge in [0.25, 0.3) is 5.91 Å². The molecule has 0 atom stereocenters. The Bertz CT molecular complexity index is 1360. The third-order valence-electron chi connectivity index (χ3n) is 8.14. The van der Waals surface area contributed by atoms with E-state index in [0.29, 0.717) is 39.3 Å². The van der Waals surface area contributed by atoms with Crippen molar-refractivity contribution >= 4 is 57.7 Å². The number of imidazole rings is 1. The van der Waals surface area contributed by atoms with E-state index >= 15 is 0 Å². The van der Waals surface area contributed by atoms with Crippen LogP contribution in [0.3, 0.4) is 0 Å². The molecule has 3 N–H and O–H groups in total. The second-order valence-electron chi connectivity index (χ2n) is 11.0. The first-order valence-electron chi connectivity index (χ1n) is 13.5. The van der Waals surface area contributed by atoms with Crippen molar-refractivity contribution in [2.45, 2.75) is 77.3 Å². The molecule has 1 aromatic heterocycles. The van der Waals surface area contributed by atoms with E-state index < -0.39 is 0 Å². The maximum Gasteiger partial charge on any atom is 0.253 e. The molecule has 0 radical (unpaired) electrons. The average Bonchev–Trinajstić information content (AvgIpc) is 3.52. The Labute approximate surface area is 233 Å². The van der Waals surface area contributed by atoms with Crippen molar-refractivity contribution < 1.29 is 9.59 Å². The van der Waals surface area contributed by atoms with E-state index in [9.17, 15) is 9.59 Å². The lowest BCUT2D eigenvalue weighted by atomic mass is 9.75. The number of rotatable bonds is 7. The fourth-order valence-electron chi connectivity index (χ4n) is 5.69. The van der Waals surface area contributed by atoms with E-state index in [1.54, 1.807) is 12.1 Å². The summed E-state index contributed by atoms with van der Waals surface area (Å²) >= 11 is 13.0. The van der Waals surface area contributed by atoms with E-state index in [1.165, 1.54) is 6.42 Å². The molecule has 9 heteroatoms. The first kappa shape index (κ1) is 26.8. The molecule has 0 aliphatic heterocycles. The quantitative estimate of drug-likeness (QED) is 0.296. The second kappa shape index (κ2) is 11.1. The highest BCUT2D eigenvalue weighted by Crippen LogP contribution is 2.36. The largest absolute Gasteiger partial charge is 0.352 e. The number of halogens is 2. The first-order chi connectivity index (χ1) is 18.2. The summed E-state index contributed by atoms with van der Waals surface area (Å²) in [5.41, 5.74) is 3.24. The average molecular weight is 557 g/mol. The summed E-state index contributed by atoms with van der Waals surface area (Å²) in [7, 11) is 1.88. The fraction of sp³-hybridized carbons (Fsp3) is 0.483. The number of nitrogens with one attached hydrogen (secondary N) is 3. The van der Waals surface area contributed by atoms with Gasteiger partial charge in [0.1, 0.15) is 0 Å². The van der Waals surface area contributed by atoms with Gasteiger partial charge in [-0.05, 0) is 55.5 Å². The molecule has 2 aromatic carbocycles. The van der Waals surface area contributed by atoms with Crippen molar-refractivity contribution in [3.8, 4) is 0 Å². The van der Waals surface area contributed by atoms with Gasteiger partial charge < -0.3 is 20.5 Å². The van der Waals surface area contributed by atoms with Crippen LogP contribution in [-0.4, -0.2) is 27.4 Å². The van der Waals surface area contributed by atoms with Gasteiger partial charge in [-0.1, -0.05) is 68.3 Å². The number of hydrogen-bond acceptors (Lipinski definition) is 4. The smallest absolute Gasteiger partial charge is 0.253 e. The highest BCUT2D eigenvalue weighted by atomic mass is 35.5. The van der Waals surface area contributed by atoms with Crippen LogP contribution < -0.4 is 16.0 Å². The molecule has 2 aliphatic rings. The van der Waals surface area contributed by atoms with E-state index in [0.717, 1.165) is 62.4 Å². The van der Waals surface area contributed by atoms with Crippen molar-refractivity contribution in [3.63, 3.8) is 0 Å². The minimum absolute atomic E-state index is 0.113. The van der Waals surface area contributed by atoms with Crippen LogP contribution in [0.1, 0.15) is 80.6 Å². The first-order valence-corrected chi connectivity index (χ1v) is 14.3. The van der Waals surface area contributed by atoms with Crippen LogP contribution in [-0.2, 0) is 18.4 Å². The third kappa shape index (κ3) is 5.64. The second-order valence-corrected chi connectivity index (χ2v) is 11.8. The van der Waals surface area contributed by atoms with Gasteiger partial charge in [0.2, 0.25) is 11.9 Å². The number of aromatic nitrogens is 2. The van der Waals surface area contributed by atoms with Crippen molar-refractivity contribution in [3.05, 3.63) is 51.5 Å². The normalized spacial score (nSPS) is 17.5. The molecule has 2 fully saturated rings. The van der Waals surface area contributed by atoms with Crippen molar-refractivity contribution in [1.82, 2.24) is 20.2 Å². The lowest BCUT2D eigenvalue weighted by molar-refractivity contribution is -0.132. The molecule has 202 valence electrons. The molecule has 7 nitrogen and oxygen atoms in total. The third-order valence-corrected chi connectivity index (χ3v) is 8.78. The standard InChI is InChI=1S/C29H35Cl2N5O2/c1-29(12-6-3-7-13-29)27(38)32-17-18-10-11-21(30)23(14-18)34-28-35-24-15-20(22(31)16-25(24)36(28)2)26(37)33-19-8-4-5-9-19/h10-11,14-16,19H,3-9,12-13,17H2,1-2H3,(H,32,38)(H,33,37)(H,34,35). The number of amides is 2. The highest BCUT2D eigenvalue weighted by molar-refractivity contribution is 6.34. The van der Waals surface area contributed by atoms with Crippen molar-refractivity contribution in [1.29, 1.82) is 0 Å². The molecule has 5 rings (SSSR count). The zero-order chi connectivity index (χ0) is 26.9. The fourth-order valence-corrected chi connectivity index (χ4v) is 6.09. The highest BCUT2D eigenvalue weighted by Gasteiger charge is 2.34. The maximum absolute atomic E-state index is 12.9. The predicted octanol–water partition coefficient (Wildman–Crippen LogP) is 6.88. The lowest BCUT2D eigenvalue weighted by Crippen LogP contribution is -2.39. The lowest BCUT2D eigenvalue weighted by Gasteiger charge is -2.32. The van der Waals surface area contributed by atoms with Crippen molar-refractivity contribution in [2.24, 2.45) is 12.5 Å². The van der Waals surface area contributed by atoms with E-state index in [2.05, 4.69) is 22.9 Å². The zero-order valence-corrected chi connectivity index (χ0v) is 23.5. The minimum atomic E-state index is -0.285. The molecule has 38 heavy (non-hydrogen) atoms. The summed E-state index contributed by atoms with van der Waals surface area (Å²) in [4.78, 5) is 30.5. The van der Waals surface area contributed by atoms with Gasteiger partial charge in [-0.3, -0.25) is 9.59 Å². The predicted molar refractivity (Wildman–Crippen MR) is 153 cm³/mol. The summed E-state index contributed by atoms with van der Waals surface area (Å²) in [6.07, 6.45) is 9.59. The van der Waals surface area contributed by atoms with E-state index in [4.69, 9.17) is 28.2 Å². The SMILES string of the molecule is Cn1c(Nc2cc(CNC(=O)C3(C)CCCCC3)ccc2Cl)nc2cc(C(=O)NC3CCCC3)c(Cl)cc21. The number of nitrogens with zero attached hydrogens (tertiary/aromatic N) is 2. The van der Waals surface area contributed by atoms with Gasteiger partial charge in [-0.15, -0.1) is 0 Å². The number of carbonyl (C=O) groups excluding carboxylic acids is 2. The van der Waals surface area contributed by atoms with Crippen LogP contribution in [0.5, 0.6) is 0 Å². The number of hydrogen-bond donors (Lipinski definition) is 3. The molecular weight excluding hydrogens is 521 g/mol. The molecule has 2 aliphatic carbocycles. The molecule has 0 spiro atoms. The molecule has 1 heterocycles. The summed E-state index contributed by atoms with van der Waals surface area (Å²) in [5.74, 6) is 0.521. The summed E-state index contributed by atoms with van der Waals surface area (Å²) in [6.45, 7) is 2.50.